The van der Waals surface area contributed by atoms with E-state index in [1.54, 1.807) is 0 Å². The molecule has 1 aliphatic carbocycles. The SMILES string of the molecule is O=C1C2CCCCN2C(=O)CN1C1CCCCCC1. The van der Waals surface area contributed by atoms with Crippen LogP contribution in [-0.2, 0) is 9.59 Å². The standard InChI is InChI=1S/C15H24N2O2/c18-14-11-17(12-7-3-1-2-4-8-12)15(19)13-9-5-6-10-16(13)14/h12-13H,1-11H2. The van der Waals surface area contributed by atoms with Crippen LogP contribution in [0.4, 0.5) is 0 Å². The van der Waals surface area contributed by atoms with Gasteiger partial charge in [-0.05, 0) is 32.1 Å². The summed E-state index contributed by atoms with van der Waals surface area (Å²) in [7, 11) is 0. The lowest BCUT2D eigenvalue weighted by atomic mass is 9.96. The summed E-state index contributed by atoms with van der Waals surface area (Å²) >= 11 is 0. The quantitative estimate of drug-likeness (QED) is 0.679. The zero-order valence-electron chi connectivity index (χ0n) is 11.6. The first-order valence-corrected chi connectivity index (χ1v) is 7.87. The highest BCUT2D eigenvalue weighted by Crippen LogP contribution is 2.28. The maximum atomic E-state index is 12.6. The minimum atomic E-state index is -0.141. The van der Waals surface area contributed by atoms with Crippen molar-refractivity contribution in [3.8, 4) is 0 Å². The largest absolute Gasteiger partial charge is 0.329 e. The Morgan fingerprint density at radius 3 is 2.21 bits per heavy atom. The van der Waals surface area contributed by atoms with E-state index in [2.05, 4.69) is 0 Å². The van der Waals surface area contributed by atoms with Crippen molar-refractivity contribution >= 4 is 11.8 Å². The number of carbonyl (C=O) groups is 2. The van der Waals surface area contributed by atoms with Gasteiger partial charge in [-0.2, -0.15) is 0 Å². The molecule has 3 fully saturated rings. The van der Waals surface area contributed by atoms with Gasteiger partial charge < -0.3 is 9.80 Å². The van der Waals surface area contributed by atoms with Gasteiger partial charge in [0.1, 0.15) is 12.6 Å². The lowest BCUT2D eigenvalue weighted by Gasteiger charge is -2.45. The molecule has 0 aromatic rings. The highest BCUT2D eigenvalue weighted by atomic mass is 16.2. The maximum absolute atomic E-state index is 12.6. The summed E-state index contributed by atoms with van der Waals surface area (Å²) < 4.78 is 0. The van der Waals surface area contributed by atoms with Crippen LogP contribution in [0.15, 0.2) is 0 Å². The Balaban J connectivity index is 1.74. The van der Waals surface area contributed by atoms with E-state index in [0.29, 0.717) is 12.6 Å². The van der Waals surface area contributed by atoms with Gasteiger partial charge in [0.05, 0.1) is 0 Å². The number of carbonyl (C=O) groups excluding carboxylic acids is 2. The van der Waals surface area contributed by atoms with Crippen LogP contribution in [0.25, 0.3) is 0 Å². The molecule has 4 heteroatoms. The van der Waals surface area contributed by atoms with Crippen molar-refractivity contribution < 1.29 is 9.59 Å². The first-order chi connectivity index (χ1) is 9.27. The molecule has 0 aromatic heterocycles. The summed E-state index contributed by atoms with van der Waals surface area (Å²) in [6, 6.07) is 0.182. The van der Waals surface area contributed by atoms with Gasteiger partial charge >= 0.3 is 0 Å². The van der Waals surface area contributed by atoms with Gasteiger partial charge in [-0.1, -0.05) is 25.7 Å². The molecular weight excluding hydrogens is 240 g/mol. The lowest BCUT2D eigenvalue weighted by molar-refractivity contribution is -0.160. The van der Waals surface area contributed by atoms with E-state index in [1.165, 1.54) is 25.7 Å². The van der Waals surface area contributed by atoms with Crippen LogP contribution in [0.3, 0.4) is 0 Å². The molecule has 0 bridgehead atoms. The smallest absolute Gasteiger partial charge is 0.246 e. The van der Waals surface area contributed by atoms with E-state index in [1.807, 2.05) is 9.80 Å². The Labute approximate surface area is 115 Å². The van der Waals surface area contributed by atoms with Crippen molar-refractivity contribution in [1.82, 2.24) is 9.80 Å². The second kappa shape index (κ2) is 5.51. The molecule has 1 unspecified atom stereocenters. The van der Waals surface area contributed by atoms with Crippen LogP contribution in [0.2, 0.25) is 0 Å². The number of hydrogen-bond donors (Lipinski definition) is 0. The third-order valence-electron chi connectivity index (χ3n) is 4.96. The Morgan fingerprint density at radius 1 is 0.789 bits per heavy atom. The van der Waals surface area contributed by atoms with Crippen molar-refractivity contribution in [3.05, 3.63) is 0 Å². The van der Waals surface area contributed by atoms with Gasteiger partial charge in [0.2, 0.25) is 11.8 Å². The van der Waals surface area contributed by atoms with Crippen molar-refractivity contribution in [2.45, 2.75) is 69.9 Å². The van der Waals surface area contributed by atoms with Crippen LogP contribution < -0.4 is 0 Å². The van der Waals surface area contributed by atoms with Crippen LogP contribution >= 0.6 is 0 Å². The third kappa shape index (κ3) is 2.49. The molecule has 0 radical (unpaired) electrons. The number of hydrogen-bond acceptors (Lipinski definition) is 2. The zero-order chi connectivity index (χ0) is 13.2. The maximum Gasteiger partial charge on any atom is 0.246 e. The predicted molar refractivity (Wildman–Crippen MR) is 72.6 cm³/mol. The summed E-state index contributed by atoms with van der Waals surface area (Å²) in [5.74, 6) is 0.403. The molecule has 1 atom stereocenters. The second-order valence-electron chi connectivity index (χ2n) is 6.21. The number of piperidine rings is 1. The molecule has 19 heavy (non-hydrogen) atoms. The minimum absolute atomic E-state index is 0.141. The first-order valence-electron chi connectivity index (χ1n) is 7.87. The first kappa shape index (κ1) is 12.9. The van der Waals surface area contributed by atoms with E-state index >= 15 is 0 Å². The molecule has 3 aliphatic rings. The topological polar surface area (TPSA) is 40.6 Å². The van der Waals surface area contributed by atoms with E-state index in [9.17, 15) is 9.59 Å². The fraction of sp³-hybridized carbons (Fsp3) is 0.867. The number of fused-ring (bicyclic) bond motifs is 1. The molecule has 106 valence electrons. The van der Waals surface area contributed by atoms with Crippen molar-refractivity contribution in [2.75, 3.05) is 13.1 Å². The highest BCUT2D eigenvalue weighted by molar-refractivity contribution is 5.95. The fourth-order valence-corrected chi connectivity index (χ4v) is 3.87. The molecular formula is C15H24N2O2. The molecule has 2 amide bonds. The monoisotopic (exact) mass is 264 g/mol. The molecule has 1 saturated carbocycles. The molecule has 2 aliphatic heterocycles. The average Bonchev–Trinajstić information content (AvgIpc) is 2.72. The Morgan fingerprint density at radius 2 is 1.47 bits per heavy atom. The Bertz CT molecular complexity index is 361. The minimum Gasteiger partial charge on any atom is -0.329 e. The third-order valence-corrected chi connectivity index (χ3v) is 4.96. The second-order valence-corrected chi connectivity index (χ2v) is 6.21. The van der Waals surface area contributed by atoms with Crippen molar-refractivity contribution in [1.29, 1.82) is 0 Å². The molecule has 2 heterocycles. The van der Waals surface area contributed by atoms with E-state index in [4.69, 9.17) is 0 Å². The highest BCUT2D eigenvalue weighted by Gasteiger charge is 2.42. The Hall–Kier alpha value is -1.06. The summed E-state index contributed by atoms with van der Waals surface area (Å²) in [6.45, 7) is 1.12. The number of nitrogens with zero attached hydrogens (tertiary/aromatic N) is 2. The van der Waals surface area contributed by atoms with Crippen LogP contribution in [0, 0.1) is 0 Å². The summed E-state index contributed by atoms with van der Waals surface area (Å²) in [6.07, 6.45) is 10.2. The number of amides is 2. The summed E-state index contributed by atoms with van der Waals surface area (Å²) in [5, 5.41) is 0. The van der Waals surface area contributed by atoms with Crippen molar-refractivity contribution in [2.24, 2.45) is 0 Å². The molecule has 3 rings (SSSR count). The number of piperazine rings is 1. The predicted octanol–water partition coefficient (Wildman–Crippen LogP) is 1.93. The normalized spacial score (nSPS) is 30.2. The van der Waals surface area contributed by atoms with Gasteiger partial charge in [-0.3, -0.25) is 9.59 Å². The van der Waals surface area contributed by atoms with Crippen LogP contribution in [-0.4, -0.2) is 46.8 Å². The van der Waals surface area contributed by atoms with Crippen molar-refractivity contribution in [3.63, 3.8) is 0 Å². The van der Waals surface area contributed by atoms with Gasteiger partial charge in [-0.25, -0.2) is 0 Å². The van der Waals surface area contributed by atoms with E-state index in [-0.39, 0.29) is 17.9 Å². The molecule has 0 N–H and O–H groups in total. The van der Waals surface area contributed by atoms with Crippen LogP contribution in [0.1, 0.15) is 57.8 Å². The lowest BCUT2D eigenvalue weighted by Crippen LogP contribution is -2.63. The van der Waals surface area contributed by atoms with E-state index < -0.39 is 0 Å². The summed E-state index contributed by atoms with van der Waals surface area (Å²) in [5.41, 5.74) is 0. The zero-order valence-corrected chi connectivity index (χ0v) is 11.6. The average molecular weight is 264 g/mol. The van der Waals surface area contributed by atoms with Gasteiger partial charge in [0.15, 0.2) is 0 Å². The molecule has 4 nitrogen and oxygen atoms in total. The molecule has 0 aromatic carbocycles. The van der Waals surface area contributed by atoms with Crippen LogP contribution in [0.5, 0.6) is 0 Å². The Kier molecular flexibility index (Phi) is 3.76. The fourth-order valence-electron chi connectivity index (χ4n) is 3.87. The molecule has 2 saturated heterocycles. The summed E-state index contributed by atoms with van der Waals surface area (Å²) in [4.78, 5) is 28.6. The van der Waals surface area contributed by atoms with Gasteiger partial charge in [0.25, 0.3) is 0 Å². The van der Waals surface area contributed by atoms with Gasteiger partial charge in [0, 0.05) is 12.6 Å². The molecule has 0 spiro atoms. The number of rotatable bonds is 1. The van der Waals surface area contributed by atoms with E-state index in [0.717, 1.165) is 38.6 Å². The van der Waals surface area contributed by atoms with Gasteiger partial charge in [-0.15, -0.1) is 0 Å².